The normalized spacial score (nSPS) is 11.1. The molecule has 308 valence electrons. The van der Waals surface area contributed by atoms with Gasteiger partial charge in [0.25, 0.3) is 5.91 Å². The highest BCUT2D eigenvalue weighted by Crippen LogP contribution is 2.20. The summed E-state index contributed by atoms with van der Waals surface area (Å²) in [5, 5.41) is 13.2. The SMILES string of the molecule is CCc1ccccc1.CNCC(=O)N[C@H](Cc1ccc(-c2ccccc2)cc1)C(=O)NCC(=O)N[C@H](C=O)Cc1ccc(C(=O)NCCC=O)cc1.Cc1ccccc1. The first-order valence-corrected chi connectivity index (χ1v) is 19.6. The highest BCUT2D eigenvalue weighted by Gasteiger charge is 2.22. The number of likely N-dealkylation sites (N-methyl/N-ethyl adjacent to an activating group) is 1. The van der Waals surface area contributed by atoms with Gasteiger partial charge in [-0.05, 0) is 66.8 Å². The van der Waals surface area contributed by atoms with Gasteiger partial charge >= 0.3 is 0 Å². The standard InChI is InChI=1S/C33H37N5O6.C8H10.C7H8/c1-34-20-30(41)38-29(19-24-8-12-26(13-9-24)25-6-3-2-4-7-25)33(44)36-21-31(42)37-28(22-40)18-23-10-14-27(15-11-23)32(43)35-16-5-17-39;1-2-8-6-4-3-5-7-8;1-7-5-3-2-4-6-7/h2-4,6-15,17,22,28-29,34H,5,16,18-21H2,1H3,(H,35,43)(H,36,44)(H,37,42)(H,38,41);3-7H,2H2,1H3;2-6H,1H3/t28-,29+;;/m0../s1. The number of amides is 4. The largest absolute Gasteiger partial charge is 0.352 e. The van der Waals surface area contributed by atoms with E-state index in [-0.39, 0.29) is 44.2 Å². The number of hydrogen-bond donors (Lipinski definition) is 5. The van der Waals surface area contributed by atoms with Crippen LogP contribution in [-0.2, 0) is 43.2 Å². The van der Waals surface area contributed by atoms with Crippen molar-refractivity contribution in [3.8, 4) is 11.1 Å². The summed E-state index contributed by atoms with van der Waals surface area (Å²) < 4.78 is 0. The molecule has 2 atom stereocenters. The van der Waals surface area contributed by atoms with Crippen molar-refractivity contribution in [1.82, 2.24) is 26.6 Å². The van der Waals surface area contributed by atoms with E-state index in [2.05, 4.69) is 76.8 Å². The third kappa shape index (κ3) is 18.4. The third-order valence-electron chi connectivity index (χ3n) is 8.83. The minimum atomic E-state index is -0.928. The molecule has 0 radical (unpaired) electrons. The van der Waals surface area contributed by atoms with Gasteiger partial charge < -0.3 is 36.2 Å². The Kier molecular flexibility index (Phi) is 21.4. The third-order valence-corrected chi connectivity index (χ3v) is 8.83. The van der Waals surface area contributed by atoms with E-state index in [0.29, 0.717) is 17.4 Å². The van der Waals surface area contributed by atoms with Crippen molar-refractivity contribution in [2.45, 2.75) is 51.6 Å². The number of nitrogens with one attached hydrogen (secondary N) is 5. The van der Waals surface area contributed by atoms with Gasteiger partial charge in [-0.15, -0.1) is 0 Å². The van der Waals surface area contributed by atoms with Crippen LogP contribution in [0.2, 0.25) is 0 Å². The van der Waals surface area contributed by atoms with E-state index in [9.17, 15) is 28.8 Å². The van der Waals surface area contributed by atoms with E-state index < -0.39 is 30.4 Å². The van der Waals surface area contributed by atoms with E-state index in [1.54, 1.807) is 31.3 Å². The molecule has 0 unspecified atom stereocenters. The number of benzene rings is 5. The van der Waals surface area contributed by atoms with Crippen LogP contribution in [-0.4, -0.2) is 75.0 Å². The fraction of sp³-hybridized carbons (Fsp3) is 0.250. The summed E-state index contributed by atoms with van der Waals surface area (Å²) in [5.74, 6) is -1.81. The molecule has 0 fully saturated rings. The van der Waals surface area contributed by atoms with Crippen LogP contribution in [0.15, 0.2) is 140 Å². The Morgan fingerprint density at radius 1 is 0.593 bits per heavy atom. The van der Waals surface area contributed by atoms with Crippen LogP contribution in [0.1, 0.15) is 46.0 Å². The first-order valence-electron chi connectivity index (χ1n) is 19.6. The Morgan fingerprint density at radius 3 is 1.66 bits per heavy atom. The van der Waals surface area contributed by atoms with Gasteiger partial charge in [0.1, 0.15) is 18.6 Å². The molecule has 11 heteroatoms. The van der Waals surface area contributed by atoms with Gasteiger partial charge in [0.15, 0.2) is 0 Å². The molecule has 11 nitrogen and oxygen atoms in total. The van der Waals surface area contributed by atoms with E-state index in [4.69, 9.17) is 0 Å². The zero-order valence-electron chi connectivity index (χ0n) is 34.0. The Morgan fingerprint density at radius 2 is 1.14 bits per heavy atom. The van der Waals surface area contributed by atoms with Crippen molar-refractivity contribution in [1.29, 1.82) is 0 Å². The highest BCUT2D eigenvalue weighted by atomic mass is 16.2. The molecule has 0 aliphatic rings. The summed E-state index contributed by atoms with van der Waals surface area (Å²) in [4.78, 5) is 72.1. The second kappa shape index (κ2) is 27.0. The van der Waals surface area contributed by atoms with Gasteiger partial charge in [-0.1, -0.05) is 140 Å². The van der Waals surface area contributed by atoms with E-state index in [0.717, 1.165) is 29.4 Å². The maximum Gasteiger partial charge on any atom is 0.251 e. The van der Waals surface area contributed by atoms with Crippen LogP contribution in [0.4, 0.5) is 0 Å². The lowest BCUT2D eigenvalue weighted by molar-refractivity contribution is -0.130. The number of aldehydes is 2. The Bertz CT molecular complexity index is 2010. The molecule has 59 heavy (non-hydrogen) atoms. The predicted molar refractivity (Wildman–Crippen MR) is 233 cm³/mol. The van der Waals surface area contributed by atoms with Crippen LogP contribution >= 0.6 is 0 Å². The highest BCUT2D eigenvalue weighted by molar-refractivity contribution is 5.94. The topological polar surface area (TPSA) is 163 Å². The molecule has 0 saturated heterocycles. The van der Waals surface area contributed by atoms with Crippen molar-refractivity contribution >= 4 is 36.2 Å². The smallest absolute Gasteiger partial charge is 0.251 e. The first kappa shape index (κ1) is 46.7. The van der Waals surface area contributed by atoms with E-state index >= 15 is 0 Å². The summed E-state index contributed by atoms with van der Waals surface area (Å²) in [6.07, 6.45) is 3.06. The Balaban J connectivity index is 0.000000512. The molecule has 5 aromatic carbocycles. The fourth-order valence-electron chi connectivity index (χ4n) is 5.64. The predicted octanol–water partition coefficient (Wildman–Crippen LogP) is 5.21. The second-order valence-electron chi connectivity index (χ2n) is 13.6. The monoisotopic (exact) mass is 797 g/mol. The molecule has 5 N–H and O–H groups in total. The van der Waals surface area contributed by atoms with Crippen LogP contribution < -0.4 is 26.6 Å². The number of carbonyl (C=O) groups is 6. The second-order valence-corrected chi connectivity index (χ2v) is 13.6. The Hall–Kier alpha value is -6.72. The van der Waals surface area contributed by atoms with Crippen molar-refractivity contribution < 1.29 is 28.8 Å². The summed E-state index contributed by atoms with van der Waals surface area (Å²) in [6, 6.07) is 43.0. The molecule has 0 heterocycles. The molecular formula is C48H55N5O6. The molecule has 4 amide bonds. The van der Waals surface area contributed by atoms with Gasteiger partial charge in [-0.25, -0.2) is 0 Å². The van der Waals surface area contributed by atoms with Crippen LogP contribution in [0, 0.1) is 6.92 Å². The van der Waals surface area contributed by atoms with Crippen LogP contribution in [0.5, 0.6) is 0 Å². The molecular weight excluding hydrogens is 743 g/mol. The lowest BCUT2D eigenvalue weighted by Crippen LogP contribution is -2.52. The first-order chi connectivity index (χ1) is 28.6. The van der Waals surface area contributed by atoms with E-state index in [1.165, 1.54) is 11.1 Å². The van der Waals surface area contributed by atoms with Gasteiger partial charge in [-0.3, -0.25) is 19.2 Å². The molecule has 0 aliphatic heterocycles. The minimum absolute atomic E-state index is 0.0179. The van der Waals surface area contributed by atoms with E-state index in [1.807, 2.05) is 78.9 Å². The van der Waals surface area contributed by atoms with Gasteiger partial charge in [0.05, 0.1) is 19.1 Å². The Labute approximate surface area is 347 Å². The van der Waals surface area contributed by atoms with Crippen molar-refractivity contribution in [2.75, 3.05) is 26.7 Å². The molecule has 5 rings (SSSR count). The lowest BCUT2D eigenvalue weighted by atomic mass is 10.00. The summed E-state index contributed by atoms with van der Waals surface area (Å²) in [7, 11) is 1.62. The average Bonchev–Trinajstić information content (AvgIpc) is 3.27. The summed E-state index contributed by atoms with van der Waals surface area (Å²) in [6.45, 7) is 4.11. The minimum Gasteiger partial charge on any atom is -0.352 e. The summed E-state index contributed by atoms with van der Waals surface area (Å²) >= 11 is 0. The van der Waals surface area contributed by atoms with Gasteiger partial charge in [0.2, 0.25) is 17.7 Å². The molecule has 0 aliphatic carbocycles. The summed E-state index contributed by atoms with van der Waals surface area (Å²) in [5.41, 5.74) is 6.74. The molecule has 0 bridgehead atoms. The fourth-order valence-corrected chi connectivity index (χ4v) is 5.64. The maximum atomic E-state index is 13.1. The zero-order chi connectivity index (χ0) is 42.7. The molecule has 0 aromatic heterocycles. The molecule has 0 spiro atoms. The molecule has 5 aromatic rings. The van der Waals surface area contributed by atoms with Crippen molar-refractivity contribution in [3.05, 3.63) is 167 Å². The molecule has 0 saturated carbocycles. The van der Waals surface area contributed by atoms with Gasteiger partial charge in [0, 0.05) is 24.9 Å². The maximum absolute atomic E-state index is 13.1. The quantitative estimate of drug-likeness (QED) is 0.0601. The lowest BCUT2D eigenvalue weighted by Gasteiger charge is -2.19. The number of rotatable bonds is 18. The zero-order valence-corrected chi connectivity index (χ0v) is 34.0. The van der Waals surface area contributed by atoms with Crippen molar-refractivity contribution in [3.63, 3.8) is 0 Å². The van der Waals surface area contributed by atoms with Crippen LogP contribution in [0.3, 0.4) is 0 Å². The van der Waals surface area contributed by atoms with Crippen LogP contribution in [0.25, 0.3) is 11.1 Å². The van der Waals surface area contributed by atoms with Crippen molar-refractivity contribution in [2.24, 2.45) is 0 Å². The number of hydrogen-bond acceptors (Lipinski definition) is 7. The number of carbonyl (C=O) groups excluding carboxylic acids is 6. The average molecular weight is 798 g/mol. The van der Waals surface area contributed by atoms with Gasteiger partial charge in [-0.2, -0.15) is 0 Å². The number of aryl methyl sites for hydroxylation is 2.